The molecule has 31 heavy (non-hydrogen) atoms. The Morgan fingerprint density at radius 2 is 1.48 bits per heavy atom. The summed E-state index contributed by atoms with van der Waals surface area (Å²) in [5.74, 6) is -0.312. The van der Waals surface area contributed by atoms with E-state index in [1.54, 1.807) is 4.90 Å². The molecule has 1 aromatic carbocycles. The van der Waals surface area contributed by atoms with Crippen molar-refractivity contribution in [2.45, 2.75) is 39.2 Å². The van der Waals surface area contributed by atoms with Crippen LogP contribution in [0.4, 0.5) is 26.3 Å². The maximum Gasteiger partial charge on any atom is 0.416 e. The fourth-order valence-electron chi connectivity index (χ4n) is 3.38. The number of aromatic nitrogens is 1. The molecule has 0 N–H and O–H groups in total. The van der Waals surface area contributed by atoms with Crippen LogP contribution in [0, 0.1) is 6.92 Å². The van der Waals surface area contributed by atoms with Crippen LogP contribution in [0.2, 0.25) is 0 Å². The van der Waals surface area contributed by atoms with Crippen LogP contribution in [-0.2, 0) is 12.4 Å². The molecule has 3 rings (SSSR count). The minimum Gasteiger partial charge on any atom is -0.335 e. The fourth-order valence-corrected chi connectivity index (χ4v) is 4.40. The quantitative estimate of drug-likeness (QED) is 0.576. The average molecular weight is 465 g/mol. The van der Waals surface area contributed by atoms with E-state index in [1.807, 2.05) is 0 Å². The minimum absolute atomic E-state index is 0.0572. The Kier molecular flexibility index (Phi) is 6.39. The van der Waals surface area contributed by atoms with Crippen molar-refractivity contribution in [1.29, 1.82) is 0 Å². The van der Waals surface area contributed by atoms with E-state index in [-0.39, 0.29) is 33.1 Å². The van der Waals surface area contributed by atoms with Crippen LogP contribution in [0.3, 0.4) is 0 Å². The number of alkyl halides is 6. The number of nitrogens with zero attached hydrogens (tertiary/aromatic N) is 3. The third-order valence-electron chi connectivity index (χ3n) is 5.16. The van der Waals surface area contributed by atoms with Gasteiger partial charge < -0.3 is 4.90 Å². The van der Waals surface area contributed by atoms with Gasteiger partial charge in [0, 0.05) is 37.8 Å². The first-order valence-electron chi connectivity index (χ1n) is 9.58. The summed E-state index contributed by atoms with van der Waals surface area (Å²) < 4.78 is 78.9. The van der Waals surface area contributed by atoms with E-state index in [0.29, 0.717) is 44.4 Å². The molecular weight excluding hydrogens is 444 g/mol. The van der Waals surface area contributed by atoms with Crippen molar-refractivity contribution in [1.82, 2.24) is 14.8 Å². The molecule has 1 aliphatic rings. The lowest BCUT2D eigenvalue weighted by Gasteiger charge is -2.36. The Balaban J connectivity index is 1.93. The summed E-state index contributed by atoms with van der Waals surface area (Å²) in [5.41, 5.74) is -2.87. The Bertz CT molecular complexity index is 927. The van der Waals surface area contributed by atoms with Gasteiger partial charge in [0.1, 0.15) is 9.88 Å². The van der Waals surface area contributed by atoms with E-state index in [2.05, 4.69) is 23.7 Å². The molecule has 2 heterocycles. The highest BCUT2D eigenvalue weighted by molar-refractivity contribution is 7.17. The Morgan fingerprint density at radius 3 is 1.94 bits per heavy atom. The number of carbonyl (C=O) groups is 1. The van der Waals surface area contributed by atoms with Crippen LogP contribution in [0.1, 0.15) is 40.3 Å². The highest BCUT2D eigenvalue weighted by Gasteiger charge is 2.37. The third-order valence-corrected chi connectivity index (χ3v) is 6.35. The predicted molar refractivity (Wildman–Crippen MR) is 105 cm³/mol. The number of hydrogen-bond donors (Lipinski definition) is 0. The van der Waals surface area contributed by atoms with E-state index >= 15 is 0 Å². The van der Waals surface area contributed by atoms with Gasteiger partial charge in [0.2, 0.25) is 0 Å². The van der Waals surface area contributed by atoms with Crippen LogP contribution in [0.5, 0.6) is 0 Å². The predicted octanol–water partition coefficient (Wildman–Crippen LogP) is 5.32. The number of aryl methyl sites for hydroxylation is 1. The number of halogens is 6. The second-order valence-electron chi connectivity index (χ2n) is 7.65. The van der Waals surface area contributed by atoms with Crippen LogP contribution in [-0.4, -0.2) is 52.9 Å². The molecule has 1 aliphatic heterocycles. The maximum atomic E-state index is 13.1. The second-order valence-corrected chi connectivity index (χ2v) is 8.65. The second kappa shape index (κ2) is 8.42. The molecule has 0 bridgehead atoms. The first kappa shape index (κ1) is 23.5. The number of piperazine rings is 1. The zero-order valence-electron chi connectivity index (χ0n) is 17.1. The van der Waals surface area contributed by atoms with Crippen molar-refractivity contribution in [3.63, 3.8) is 0 Å². The topological polar surface area (TPSA) is 36.4 Å². The van der Waals surface area contributed by atoms with E-state index < -0.39 is 23.5 Å². The van der Waals surface area contributed by atoms with Crippen LogP contribution < -0.4 is 0 Å². The Hall–Kier alpha value is -2.14. The Labute approximate surface area is 179 Å². The monoisotopic (exact) mass is 465 g/mol. The molecule has 0 spiro atoms. The van der Waals surface area contributed by atoms with Crippen molar-refractivity contribution in [3.05, 3.63) is 39.9 Å². The van der Waals surface area contributed by atoms with Gasteiger partial charge in [-0.15, -0.1) is 11.3 Å². The maximum absolute atomic E-state index is 13.1. The standard InChI is InChI=1S/C20H21F6N3OS/c1-11(2)28-4-6-29(7-5-28)18(30)16-12(3)27-17(31-16)13-8-14(19(21,22)23)10-15(9-13)20(24,25)26/h8-11H,4-7H2,1-3H3. The summed E-state index contributed by atoms with van der Waals surface area (Å²) >= 11 is 0.809. The summed E-state index contributed by atoms with van der Waals surface area (Å²) in [4.78, 5) is 21.1. The molecular formula is C20H21F6N3OS. The molecule has 1 fully saturated rings. The number of rotatable bonds is 3. The van der Waals surface area contributed by atoms with Crippen molar-refractivity contribution in [2.24, 2.45) is 0 Å². The highest BCUT2D eigenvalue weighted by atomic mass is 32.1. The van der Waals surface area contributed by atoms with Gasteiger partial charge >= 0.3 is 12.4 Å². The van der Waals surface area contributed by atoms with Crippen molar-refractivity contribution < 1.29 is 31.1 Å². The summed E-state index contributed by atoms with van der Waals surface area (Å²) in [6.45, 7) is 8.00. The molecule has 11 heteroatoms. The zero-order valence-corrected chi connectivity index (χ0v) is 17.9. The number of benzene rings is 1. The first-order valence-corrected chi connectivity index (χ1v) is 10.4. The van der Waals surface area contributed by atoms with Gasteiger partial charge in [-0.1, -0.05) is 0 Å². The number of amides is 1. The molecule has 1 saturated heterocycles. The van der Waals surface area contributed by atoms with E-state index in [1.165, 1.54) is 6.92 Å². The zero-order chi connectivity index (χ0) is 23.1. The molecule has 0 atom stereocenters. The van der Waals surface area contributed by atoms with Crippen LogP contribution in [0.25, 0.3) is 10.6 Å². The normalized spacial score (nSPS) is 16.3. The van der Waals surface area contributed by atoms with E-state index in [0.717, 1.165) is 11.3 Å². The number of thiazole rings is 1. The van der Waals surface area contributed by atoms with Crippen molar-refractivity contribution >= 4 is 17.2 Å². The minimum atomic E-state index is -4.95. The van der Waals surface area contributed by atoms with E-state index in [9.17, 15) is 31.1 Å². The fraction of sp³-hybridized carbons (Fsp3) is 0.500. The lowest BCUT2D eigenvalue weighted by Crippen LogP contribution is -2.50. The van der Waals surface area contributed by atoms with E-state index in [4.69, 9.17) is 0 Å². The Morgan fingerprint density at radius 1 is 0.968 bits per heavy atom. The lowest BCUT2D eigenvalue weighted by molar-refractivity contribution is -0.143. The first-order chi connectivity index (χ1) is 14.3. The molecule has 1 aromatic heterocycles. The largest absolute Gasteiger partial charge is 0.416 e. The summed E-state index contributed by atoms with van der Waals surface area (Å²) in [7, 11) is 0. The molecule has 0 unspecified atom stereocenters. The third kappa shape index (κ3) is 5.20. The van der Waals surface area contributed by atoms with Crippen molar-refractivity contribution in [3.8, 4) is 10.6 Å². The summed E-state index contributed by atoms with van der Waals surface area (Å²) in [5, 5.41) is -0.0572. The van der Waals surface area contributed by atoms with Gasteiger partial charge in [-0.3, -0.25) is 9.69 Å². The number of carbonyl (C=O) groups excluding carboxylic acids is 1. The molecule has 170 valence electrons. The summed E-state index contributed by atoms with van der Waals surface area (Å²) in [6, 6.07) is 1.68. The molecule has 0 aliphatic carbocycles. The van der Waals surface area contributed by atoms with Gasteiger partial charge in [0.15, 0.2) is 0 Å². The molecule has 4 nitrogen and oxygen atoms in total. The molecule has 0 radical (unpaired) electrons. The molecule has 0 saturated carbocycles. The smallest absolute Gasteiger partial charge is 0.335 e. The van der Waals surface area contributed by atoms with Gasteiger partial charge in [-0.2, -0.15) is 26.3 Å². The van der Waals surface area contributed by atoms with Crippen LogP contribution >= 0.6 is 11.3 Å². The highest BCUT2D eigenvalue weighted by Crippen LogP contribution is 2.40. The van der Waals surface area contributed by atoms with Crippen LogP contribution in [0.15, 0.2) is 18.2 Å². The average Bonchev–Trinajstić information content (AvgIpc) is 3.07. The SMILES string of the molecule is Cc1nc(-c2cc(C(F)(F)F)cc(C(F)(F)F)c2)sc1C(=O)N1CCN(C(C)C)CC1. The lowest BCUT2D eigenvalue weighted by atomic mass is 10.1. The van der Waals surface area contributed by atoms with Gasteiger partial charge in [0.25, 0.3) is 5.91 Å². The molecule has 2 aromatic rings. The molecule has 1 amide bonds. The van der Waals surface area contributed by atoms with Gasteiger partial charge in [0.05, 0.1) is 16.8 Å². The van der Waals surface area contributed by atoms with Gasteiger partial charge in [-0.05, 0) is 39.0 Å². The van der Waals surface area contributed by atoms with Crippen molar-refractivity contribution in [2.75, 3.05) is 26.2 Å². The number of hydrogen-bond acceptors (Lipinski definition) is 4. The van der Waals surface area contributed by atoms with Gasteiger partial charge in [-0.25, -0.2) is 4.98 Å². The summed E-state index contributed by atoms with van der Waals surface area (Å²) in [6.07, 6.45) is -9.89.